The molecule has 0 heterocycles. The van der Waals surface area contributed by atoms with Crippen LogP contribution in [0.25, 0.3) is 0 Å². The van der Waals surface area contributed by atoms with E-state index >= 15 is 0 Å². The molecule has 0 fully saturated rings. The van der Waals surface area contributed by atoms with Crippen LogP contribution in [0.5, 0.6) is 0 Å². The van der Waals surface area contributed by atoms with Crippen molar-refractivity contribution in [1.82, 2.24) is 0 Å². The highest BCUT2D eigenvalue weighted by molar-refractivity contribution is 7.99. The molecule has 0 amide bonds. The molecule has 0 spiro atoms. The van der Waals surface area contributed by atoms with Gasteiger partial charge in [-0.15, -0.1) is 0 Å². The van der Waals surface area contributed by atoms with Crippen LogP contribution in [0.1, 0.15) is 20.8 Å². The SMILES string of the molecule is COC(=O)C(C)(N)CSCC(C)C. The average Bonchev–Trinajstić information content (AvgIpc) is 2.01. The van der Waals surface area contributed by atoms with Gasteiger partial charge in [0.1, 0.15) is 5.54 Å². The Morgan fingerprint density at radius 3 is 2.54 bits per heavy atom. The minimum atomic E-state index is -0.853. The second-order valence-electron chi connectivity index (χ2n) is 3.82. The minimum absolute atomic E-state index is 0.344. The van der Waals surface area contributed by atoms with Gasteiger partial charge in [-0.05, 0) is 18.6 Å². The first-order valence-electron chi connectivity index (χ1n) is 4.35. The number of carbonyl (C=O) groups excluding carboxylic acids is 1. The summed E-state index contributed by atoms with van der Waals surface area (Å²) in [5.74, 6) is 1.91. The molecule has 0 aromatic carbocycles. The van der Waals surface area contributed by atoms with Crippen LogP contribution in [-0.4, -0.2) is 30.1 Å². The molecule has 2 N–H and O–H groups in total. The van der Waals surface area contributed by atoms with E-state index < -0.39 is 5.54 Å². The number of methoxy groups -OCH3 is 1. The maximum absolute atomic E-state index is 11.1. The summed E-state index contributed by atoms with van der Waals surface area (Å²) in [6, 6.07) is 0. The van der Waals surface area contributed by atoms with E-state index in [2.05, 4.69) is 18.6 Å². The standard InChI is InChI=1S/C9H19NO2S/c1-7(2)5-13-6-9(3,10)8(11)12-4/h7H,5-6,10H2,1-4H3. The van der Waals surface area contributed by atoms with Gasteiger partial charge in [0.15, 0.2) is 0 Å². The summed E-state index contributed by atoms with van der Waals surface area (Å²) in [7, 11) is 1.36. The third kappa shape index (κ3) is 5.16. The zero-order valence-electron chi connectivity index (χ0n) is 8.79. The molecule has 1 unspecified atom stereocenters. The van der Waals surface area contributed by atoms with Crippen LogP contribution in [0.2, 0.25) is 0 Å². The Labute approximate surface area is 84.4 Å². The quantitative estimate of drug-likeness (QED) is 0.687. The maximum Gasteiger partial charge on any atom is 0.326 e. The van der Waals surface area contributed by atoms with Gasteiger partial charge in [-0.1, -0.05) is 13.8 Å². The second-order valence-corrected chi connectivity index (χ2v) is 4.85. The van der Waals surface area contributed by atoms with Crippen LogP contribution in [0, 0.1) is 5.92 Å². The van der Waals surface area contributed by atoms with Gasteiger partial charge in [0.2, 0.25) is 0 Å². The van der Waals surface area contributed by atoms with Crippen molar-refractivity contribution >= 4 is 17.7 Å². The van der Waals surface area contributed by atoms with Gasteiger partial charge in [-0.25, -0.2) is 0 Å². The lowest BCUT2D eigenvalue weighted by Crippen LogP contribution is -2.48. The monoisotopic (exact) mass is 205 g/mol. The summed E-state index contributed by atoms with van der Waals surface area (Å²) in [6.07, 6.45) is 0. The number of thioether (sulfide) groups is 1. The maximum atomic E-state index is 11.1. The average molecular weight is 205 g/mol. The molecule has 4 heteroatoms. The van der Waals surface area contributed by atoms with E-state index in [1.807, 2.05) is 0 Å². The van der Waals surface area contributed by atoms with Crippen LogP contribution >= 0.6 is 11.8 Å². The van der Waals surface area contributed by atoms with Crippen LogP contribution in [0.15, 0.2) is 0 Å². The first-order valence-corrected chi connectivity index (χ1v) is 5.50. The molecule has 0 aliphatic rings. The van der Waals surface area contributed by atoms with Gasteiger partial charge in [-0.3, -0.25) is 4.79 Å². The Kier molecular flexibility index (Phi) is 5.40. The summed E-state index contributed by atoms with van der Waals surface area (Å²) in [5, 5.41) is 0. The molecule has 0 aliphatic heterocycles. The highest BCUT2D eigenvalue weighted by atomic mass is 32.2. The van der Waals surface area contributed by atoms with Crippen LogP contribution in [-0.2, 0) is 9.53 Å². The van der Waals surface area contributed by atoms with E-state index in [9.17, 15) is 4.79 Å². The Bertz CT molecular complexity index is 169. The second kappa shape index (κ2) is 5.50. The van der Waals surface area contributed by atoms with Gasteiger partial charge in [0, 0.05) is 5.75 Å². The Balaban J connectivity index is 3.82. The van der Waals surface area contributed by atoms with Crippen molar-refractivity contribution in [2.45, 2.75) is 26.3 Å². The molecule has 3 nitrogen and oxygen atoms in total. The van der Waals surface area contributed by atoms with Gasteiger partial charge in [-0.2, -0.15) is 11.8 Å². The lowest BCUT2D eigenvalue weighted by Gasteiger charge is -2.21. The van der Waals surface area contributed by atoms with E-state index in [1.165, 1.54) is 7.11 Å². The molecule has 0 aromatic rings. The molecule has 0 radical (unpaired) electrons. The Morgan fingerprint density at radius 2 is 2.15 bits per heavy atom. The molecule has 78 valence electrons. The van der Waals surface area contributed by atoms with Crippen molar-refractivity contribution in [2.24, 2.45) is 11.7 Å². The van der Waals surface area contributed by atoms with Gasteiger partial charge >= 0.3 is 5.97 Å². The van der Waals surface area contributed by atoms with Gasteiger partial charge in [0.25, 0.3) is 0 Å². The zero-order chi connectivity index (χ0) is 10.5. The van der Waals surface area contributed by atoms with Crippen molar-refractivity contribution in [3.8, 4) is 0 Å². The van der Waals surface area contributed by atoms with Crippen LogP contribution in [0.4, 0.5) is 0 Å². The van der Waals surface area contributed by atoms with Crippen LogP contribution in [0.3, 0.4) is 0 Å². The van der Waals surface area contributed by atoms with Crippen molar-refractivity contribution in [1.29, 1.82) is 0 Å². The number of hydrogen-bond acceptors (Lipinski definition) is 4. The highest BCUT2D eigenvalue weighted by Gasteiger charge is 2.29. The zero-order valence-corrected chi connectivity index (χ0v) is 9.61. The summed E-state index contributed by atoms with van der Waals surface area (Å²) in [5.41, 5.74) is 4.91. The largest absolute Gasteiger partial charge is 0.468 e. The fourth-order valence-electron chi connectivity index (χ4n) is 0.799. The summed E-state index contributed by atoms with van der Waals surface area (Å²) in [6.45, 7) is 5.98. The van der Waals surface area contributed by atoms with Crippen LogP contribution < -0.4 is 5.73 Å². The van der Waals surface area contributed by atoms with Gasteiger partial charge < -0.3 is 10.5 Å². The third-order valence-electron chi connectivity index (χ3n) is 1.50. The molecular weight excluding hydrogens is 186 g/mol. The van der Waals surface area contributed by atoms with Crippen molar-refractivity contribution in [2.75, 3.05) is 18.6 Å². The third-order valence-corrected chi connectivity index (χ3v) is 3.21. The lowest BCUT2D eigenvalue weighted by molar-refractivity contribution is -0.145. The van der Waals surface area contributed by atoms with E-state index in [0.29, 0.717) is 11.7 Å². The number of ether oxygens (including phenoxy) is 1. The summed E-state index contributed by atoms with van der Waals surface area (Å²) >= 11 is 1.69. The number of esters is 1. The van der Waals surface area contributed by atoms with E-state index in [4.69, 9.17) is 5.73 Å². The first-order chi connectivity index (χ1) is 5.90. The molecule has 0 bridgehead atoms. The predicted molar refractivity (Wildman–Crippen MR) is 56.8 cm³/mol. The topological polar surface area (TPSA) is 52.3 Å². The molecular formula is C9H19NO2S. The van der Waals surface area contributed by atoms with Crippen molar-refractivity contribution in [3.63, 3.8) is 0 Å². The number of carbonyl (C=O) groups is 1. The number of nitrogens with two attached hydrogens (primary N) is 1. The van der Waals surface area contributed by atoms with E-state index in [0.717, 1.165) is 5.75 Å². The predicted octanol–water partition coefficient (Wildman–Crippen LogP) is 1.27. The number of hydrogen-bond donors (Lipinski definition) is 1. The Morgan fingerprint density at radius 1 is 1.62 bits per heavy atom. The first kappa shape index (κ1) is 12.8. The summed E-state index contributed by atoms with van der Waals surface area (Å²) < 4.78 is 4.60. The molecule has 1 atom stereocenters. The highest BCUT2D eigenvalue weighted by Crippen LogP contribution is 2.14. The molecule has 0 aromatic heterocycles. The van der Waals surface area contributed by atoms with Crippen molar-refractivity contribution < 1.29 is 9.53 Å². The normalized spacial score (nSPS) is 15.5. The minimum Gasteiger partial charge on any atom is -0.468 e. The smallest absolute Gasteiger partial charge is 0.326 e. The molecule has 0 aliphatic carbocycles. The molecule has 0 saturated heterocycles. The molecule has 13 heavy (non-hydrogen) atoms. The van der Waals surface area contributed by atoms with Crippen molar-refractivity contribution in [3.05, 3.63) is 0 Å². The molecule has 0 rings (SSSR count). The van der Waals surface area contributed by atoms with E-state index in [-0.39, 0.29) is 5.97 Å². The fraction of sp³-hybridized carbons (Fsp3) is 0.889. The number of rotatable bonds is 5. The molecule has 0 saturated carbocycles. The summed E-state index contributed by atoms with van der Waals surface area (Å²) in [4.78, 5) is 11.1. The fourth-order valence-corrected chi connectivity index (χ4v) is 1.93. The van der Waals surface area contributed by atoms with E-state index in [1.54, 1.807) is 18.7 Å². The lowest BCUT2D eigenvalue weighted by atomic mass is 10.1. The Hall–Kier alpha value is -0.220. The van der Waals surface area contributed by atoms with Gasteiger partial charge in [0.05, 0.1) is 7.11 Å².